The number of benzene rings is 4. The van der Waals surface area contributed by atoms with E-state index in [1.54, 1.807) is 54.3 Å². The maximum Gasteiger partial charge on any atom is 0.243 e. The molecule has 0 bridgehead atoms. The number of hydrogen-bond acceptors (Lipinski definition) is 4. The maximum atomic E-state index is 14.0. The molecule has 0 aliphatic heterocycles. The lowest BCUT2D eigenvalue weighted by Gasteiger charge is -2.32. The molecule has 0 radical (unpaired) electrons. The second-order valence-corrected chi connectivity index (χ2v) is 13.5. The molecule has 4 aromatic carbocycles. The highest BCUT2D eigenvalue weighted by Gasteiger charge is 2.30. The highest BCUT2D eigenvalue weighted by atomic mass is 35.5. The first-order valence-corrected chi connectivity index (χ1v) is 17.1. The number of nitrogens with one attached hydrogen (secondary N) is 2. The van der Waals surface area contributed by atoms with Gasteiger partial charge in [-0.15, -0.1) is 0 Å². The average molecular weight is 687 g/mol. The van der Waals surface area contributed by atoms with Gasteiger partial charge in [-0.05, 0) is 65.1 Å². The fourth-order valence-electron chi connectivity index (χ4n) is 4.81. The summed E-state index contributed by atoms with van der Waals surface area (Å²) in [5.74, 6) is -0.555. The Bertz CT molecular complexity index is 1700. The van der Waals surface area contributed by atoms with E-state index < -0.39 is 16.1 Å². The van der Waals surface area contributed by atoms with Gasteiger partial charge in [0.2, 0.25) is 21.8 Å². The Hall–Kier alpha value is -3.40. The van der Waals surface area contributed by atoms with Gasteiger partial charge in [-0.1, -0.05) is 102 Å². The second kappa shape index (κ2) is 16.2. The summed E-state index contributed by atoms with van der Waals surface area (Å²) in [6.07, 6.45) is 0.753. The monoisotopic (exact) mass is 685 g/mol. The summed E-state index contributed by atoms with van der Waals surface area (Å²) in [5, 5.41) is 4.46. The molecule has 0 spiro atoms. The van der Waals surface area contributed by atoms with Gasteiger partial charge in [-0.3, -0.25) is 9.59 Å². The zero-order valence-electron chi connectivity index (χ0n) is 24.7. The smallest absolute Gasteiger partial charge is 0.243 e. The van der Waals surface area contributed by atoms with Gasteiger partial charge in [-0.25, -0.2) is 13.1 Å². The lowest BCUT2D eigenvalue weighted by atomic mass is 10.0. The van der Waals surface area contributed by atoms with Crippen molar-refractivity contribution in [2.45, 2.75) is 50.2 Å². The molecule has 0 fully saturated rings. The van der Waals surface area contributed by atoms with Crippen LogP contribution in [0.5, 0.6) is 0 Å². The van der Waals surface area contributed by atoms with Gasteiger partial charge in [0.1, 0.15) is 6.04 Å². The molecular formula is C34H34Cl3N3O4S. The van der Waals surface area contributed by atoms with Crippen molar-refractivity contribution in [3.63, 3.8) is 0 Å². The molecule has 0 unspecified atom stereocenters. The zero-order valence-corrected chi connectivity index (χ0v) is 27.8. The number of carbonyl (C=O) groups is 2. The predicted molar refractivity (Wildman–Crippen MR) is 180 cm³/mol. The van der Waals surface area contributed by atoms with Crippen LogP contribution in [0.25, 0.3) is 0 Å². The Morgan fingerprint density at radius 3 is 2.09 bits per heavy atom. The molecule has 0 saturated heterocycles. The van der Waals surface area contributed by atoms with Crippen molar-refractivity contribution >= 4 is 56.6 Å². The van der Waals surface area contributed by atoms with Crippen molar-refractivity contribution in [2.24, 2.45) is 0 Å². The van der Waals surface area contributed by atoms with Gasteiger partial charge in [0.25, 0.3) is 0 Å². The molecule has 2 amide bonds. The van der Waals surface area contributed by atoms with Gasteiger partial charge in [0.15, 0.2) is 0 Å². The summed E-state index contributed by atoms with van der Waals surface area (Å²) in [7, 11) is -3.58. The van der Waals surface area contributed by atoms with Gasteiger partial charge < -0.3 is 10.2 Å². The molecule has 4 aromatic rings. The van der Waals surface area contributed by atoms with E-state index >= 15 is 0 Å². The number of hydrogen-bond donors (Lipinski definition) is 2. The van der Waals surface area contributed by atoms with Gasteiger partial charge in [0.05, 0.1) is 4.90 Å². The molecule has 45 heavy (non-hydrogen) atoms. The summed E-state index contributed by atoms with van der Waals surface area (Å²) < 4.78 is 27.1. The molecule has 0 saturated carbocycles. The average Bonchev–Trinajstić information content (AvgIpc) is 3.02. The van der Waals surface area contributed by atoms with E-state index in [1.165, 1.54) is 12.1 Å². The van der Waals surface area contributed by atoms with Crippen LogP contribution in [0.15, 0.2) is 102 Å². The Labute approximate surface area is 279 Å². The van der Waals surface area contributed by atoms with Crippen LogP contribution >= 0.6 is 34.8 Å². The first kappa shape index (κ1) is 34.5. The van der Waals surface area contributed by atoms with Crippen molar-refractivity contribution in [1.29, 1.82) is 0 Å². The molecule has 0 aromatic heterocycles. The number of nitrogens with zero attached hydrogens (tertiary/aromatic N) is 1. The first-order chi connectivity index (χ1) is 21.6. The molecule has 11 heteroatoms. The van der Waals surface area contributed by atoms with E-state index in [9.17, 15) is 18.0 Å². The summed E-state index contributed by atoms with van der Waals surface area (Å²) in [5.41, 5.74) is 3.21. The van der Waals surface area contributed by atoms with Crippen LogP contribution in [-0.4, -0.2) is 37.7 Å². The third kappa shape index (κ3) is 10.0. The largest absolute Gasteiger partial charge is 0.350 e. The molecule has 0 heterocycles. The van der Waals surface area contributed by atoms with E-state index in [4.69, 9.17) is 34.8 Å². The van der Waals surface area contributed by atoms with Crippen LogP contribution in [0.4, 0.5) is 0 Å². The highest BCUT2D eigenvalue weighted by Crippen LogP contribution is 2.22. The third-order valence-electron chi connectivity index (χ3n) is 7.20. The number of halogens is 3. The van der Waals surface area contributed by atoms with Crippen molar-refractivity contribution in [3.05, 3.63) is 134 Å². The van der Waals surface area contributed by atoms with Gasteiger partial charge in [0, 0.05) is 47.5 Å². The van der Waals surface area contributed by atoms with Crippen LogP contribution in [-0.2, 0) is 45.5 Å². The van der Waals surface area contributed by atoms with Crippen LogP contribution in [0, 0.1) is 0 Å². The Kier molecular flexibility index (Phi) is 12.4. The topological polar surface area (TPSA) is 95.6 Å². The van der Waals surface area contributed by atoms with E-state index in [-0.39, 0.29) is 49.2 Å². The fraction of sp³-hybridized carbons (Fsp3) is 0.235. The summed E-state index contributed by atoms with van der Waals surface area (Å²) >= 11 is 18.5. The van der Waals surface area contributed by atoms with E-state index in [0.29, 0.717) is 27.1 Å². The predicted octanol–water partition coefficient (Wildman–Crippen LogP) is 6.83. The van der Waals surface area contributed by atoms with Crippen LogP contribution in [0.2, 0.25) is 15.1 Å². The van der Waals surface area contributed by atoms with Gasteiger partial charge in [-0.2, -0.15) is 0 Å². The van der Waals surface area contributed by atoms with E-state index in [0.717, 1.165) is 16.7 Å². The molecule has 1 atom stereocenters. The summed E-state index contributed by atoms with van der Waals surface area (Å²) in [6.45, 7) is 2.34. The summed E-state index contributed by atoms with van der Waals surface area (Å²) in [6, 6.07) is 27.4. The first-order valence-electron chi connectivity index (χ1n) is 14.4. The molecule has 4 rings (SSSR count). The van der Waals surface area contributed by atoms with Crippen molar-refractivity contribution in [1.82, 2.24) is 14.9 Å². The van der Waals surface area contributed by atoms with Crippen molar-refractivity contribution in [3.8, 4) is 0 Å². The van der Waals surface area contributed by atoms with Crippen molar-refractivity contribution < 1.29 is 18.0 Å². The van der Waals surface area contributed by atoms with E-state index in [2.05, 4.69) is 10.0 Å². The van der Waals surface area contributed by atoms with Crippen LogP contribution in [0.3, 0.4) is 0 Å². The van der Waals surface area contributed by atoms with Crippen molar-refractivity contribution in [2.75, 3.05) is 6.54 Å². The molecule has 0 aliphatic rings. The zero-order chi connectivity index (χ0) is 32.4. The minimum absolute atomic E-state index is 0.106. The lowest BCUT2D eigenvalue weighted by Crippen LogP contribution is -2.50. The second-order valence-electron chi connectivity index (χ2n) is 10.5. The number of amides is 2. The Morgan fingerprint density at radius 1 is 0.800 bits per heavy atom. The Morgan fingerprint density at radius 2 is 1.44 bits per heavy atom. The highest BCUT2D eigenvalue weighted by molar-refractivity contribution is 7.89. The minimum atomic E-state index is -3.58. The maximum absolute atomic E-state index is 14.0. The van der Waals surface area contributed by atoms with Crippen LogP contribution in [0.1, 0.15) is 35.6 Å². The molecular weight excluding hydrogens is 653 g/mol. The fourth-order valence-corrected chi connectivity index (χ4v) is 6.45. The number of sulfonamides is 1. The number of aryl methyl sites for hydroxylation is 1. The van der Waals surface area contributed by atoms with E-state index in [1.807, 2.05) is 42.5 Å². The molecule has 2 N–H and O–H groups in total. The number of rotatable bonds is 14. The molecule has 7 nitrogen and oxygen atoms in total. The van der Waals surface area contributed by atoms with Gasteiger partial charge >= 0.3 is 0 Å². The normalized spacial score (nSPS) is 12.0. The SMILES string of the molecule is CCNS(=O)(=O)c1ccc(CCC(=O)N(Cc2ccc(Cl)cc2)[C@H](Cc2ccccc2)C(=O)NCc2ccc(Cl)cc2Cl)cc1. The standard InChI is InChI=1S/C34H34Cl3N3O4S/c1-2-39-45(43,44)30-17-10-24(11-18-30)12-19-33(41)40(23-26-8-14-28(35)15-9-26)32(20-25-6-4-3-5-7-25)34(42)38-22-27-13-16-29(36)21-31(27)37/h3-11,13-18,21,32,39H,2,12,19-20,22-23H2,1H3,(H,38,42)/t32-/m1/s1. The lowest BCUT2D eigenvalue weighted by molar-refractivity contribution is -0.141. The number of carbonyl (C=O) groups excluding carboxylic acids is 2. The minimum Gasteiger partial charge on any atom is -0.350 e. The molecule has 0 aliphatic carbocycles. The third-order valence-corrected chi connectivity index (χ3v) is 9.60. The quantitative estimate of drug-likeness (QED) is 0.152. The molecule has 236 valence electrons. The Balaban J connectivity index is 1.59. The summed E-state index contributed by atoms with van der Waals surface area (Å²) in [4.78, 5) is 29.6. The van der Waals surface area contributed by atoms with Crippen LogP contribution < -0.4 is 10.0 Å².